The minimum atomic E-state index is -1.80. The van der Waals surface area contributed by atoms with Crippen LogP contribution < -0.4 is 0 Å². The average Bonchev–Trinajstić information content (AvgIpc) is 2.96. The molecule has 20 heavy (non-hydrogen) atoms. The summed E-state index contributed by atoms with van der Waals surface area (Å²) in [6.07, 6.45) is -1.68. The maximum atomic E-state index is 11.6. The molecule has 116 valence electrons. The zero-order valence-electron chi connectivity index (χ0n) is 12.0. The molecular weight excluding hydrogens is 288 g/mol. The van der Waals surface area contributed by atoms with Crippen LogP contribution in [0, 0.1) is 0 Å². The highest BCUT2D eigenvalue weighted by Crippen LogP contribution is 2.36. The van der Waals surface area contributed by atoms with Crippen molar-refractivity contribution in [1.82, 2.24) is 0 Å². The van der Waals surface area contributed by atoms with Crippen molar-refractivity contribution >= 4 is 11.4 Å². The van der Waals surface area contributed by atoms with Crippen LogP contribution in [0.2, 0.25) is 0 Å². The lowest BCUT2D eigenvalue weighted by Gasteiger charge is -2.25. The summed E-state index contributed by atoms with van der Waals surface area (Å²) in [5.41, 5.74) is 0. The summed E-state index contributed by atoms with van der Waals surface area (Å²) in [6, 6.07) is 0. The molecule has 0 radical (unpaired) electrons. The summed E-state index contributed by atoms with van der Waals surface area (Å²) in [5, 5.41) is 0. The van der Waals surface area contributed by atoms with Crippen molar-refractivity contribution in [2.75, 3.05) is 13.2 Å². The largest absolute Gasteiger partial charge is 0.348 e. The molecule has 3 aliphatic rings. The normalized spacial score (nSPS) is 44.2. The van der Waals surface area contributed by atoms with Gasteiger partial charge in [-0.1, -0.05) is 0 Å². The van der Waals surface area contributed by atoms with Gasteiger partial charge in [0.15, 0.2) is 11.6 Å². The standard InChI is InChI=1S/C12H20O7S/c1-11(2)14-5-7(16-11)9-10(19-20(13)18-9)8-6-15-12(3,4)17-8/h7-10H,5-6H2,1-4H3/t7-,8-,9-,10-/m1/s1. The molecule has 0 aromatic rings. The van der Waals surface area contributed by atoms with Gasteiger partial charge in [-0.05, 0) is 27.7 Å². The summed E-state index contributed by atoms with van der Waals surface area (Å²) in [4.78, 5) is 0. The maximum absolute atomic E-state index is 11.6. The fourth-order valence-corrected chi connectivity index (χ4v) is 3.49. The van der Waals surface area contributed by atoms with E-state index in [1.165, 1.54) is 0 Å². The van der Waals surface area contributed by atoms with Crippen molar-refractivity contribution in [2.45, 2.75) is 63.7 Å². The van der Waals surface area contributed by atoms with E-state index in [9.17, 15) is 4.21 Å². The lowest BCUT2D eigenvalue weighted by atomic mass is 10.0. The predicted molar refractivity (Wildman–Crippen MR) is 67.7 cm³/mol. The summed E-state index contributed by atoms with van der Waals surface area (Å²) in [5.74, 6) is -1.34. The summed E-state index contributed by atoms with van der Waals surface area (Å²) >= 11 is -1.80. The van der Waals surface area contributed by atoms with Gasteiger partial charge in [-0.2, -0.15) is 4.21 Å². The Bertz CT molecular complexity index is 375. The third kappa shape index (κ3) is 2.92. The number of hydrogen-bond donors (Lipinski definition) is 0. The van der Waals surface area contributed by atoms with Gasteiger partial charge in [-0.3, -0.25) is 8.37 Å². The molecule has 4 atom stereocenters. The molecule has 3 rings (SSSR count). The van der Waals surface area contributed by atoms with Crippen molar-refractivity contribution in [2.24, 2.45) is 0 Å². The van der Waals surface area contributed by atoms with Crippen molar-refractivity contribution in [3.63, 3.8) is 0 Å². The van der Waals surface area contributed by atoms with E-state index in [-0.39, 0.29) is 12.2 Å². The number of ether oxygens (including phenoxy) is 4. The molecular formula is C12H20O7S. The minimum absolute atomic E-state index is 0.339. The molecule has 3 aliphatic heterocycles. The number of hydrogen-bond acceptors (Lipinski definition) is 7. The lowest BCUT2D eigenvalue weighted by molar-refractivity contribution is -0.165. The summed E-state index contributed by atoms with van der Waals surface area (Å²) in [6.45, 7) is 8.04. The van der Waals surface area contributed by atoms with Gasteiger partial charge in [0.25, 0.3) is 0 Å². The first-order valence-electron chi connectivity index (χ1n) is 6.65. The highest BCUT2D eigenvalue weighted by molar-refractivity contribution is 7.75. The van der Waals surface area contributed by atoms with Gasteiger partial charge < -0.3 is 18.9 Å². The zero-order valence-corrected chi connectivity index (χ0v) is 12.8. The predicted octanol–water partition coefficient (Wildman–Crippen LogP) is 0.652. The van der Waals surface area contributed by atoms with Crippen molar-refractivity contribution in [3.05, 3.63) is 0 Å². The number of rotatable bonds is 2. The molecule has 3 saturated heterocycles. The van der Waals surface area contributed by atoms with E-state index in [4.69, 9.17) is 27.3 Å². The Morgan fingerprint density at radius 1 is 0.850 bits per heavy atom. The third-order valence-corrected chi connectivity index (χ3v) is 4.26. The van der Waals surface area contributed by atoms with Gasteiger partial charge >= 0.3 is 11.4 Å². The lowest BCUT2D eigenvalue weighted by Crippen LogP contribution is -2.45. The molecule has 0 spiro atoms. The van der Waals surface area contributed by atoms with Crippen LogP contribution in [0.1, 0.15) is 27.7 Å². The Labute approximate surface area is 120 Å². The van der Waals surface area contributed by atoms with Gasteiger partial charge in [0.1, 0.15) is 24.4 Å². The molecule has 0 unspecified atom stereocenters. The van der Waals surface area contributed by atoms with Crippen LogP contribution >= 0.6 is 0 Å². The van der Waals surface area contributed by atoms with E-state index in [0.29, 0.717) is 13.2 Å². The van der Waals surface area contributed by atoms with Crippen LogP contribution in [0.5, 0.6) is 0 Å². The first-order valence-corrected chi connectivity index (χ1v) is 7.65. The van der Waals surface area contributed by atoms with Crippen LogP contribution in [0.3, 0.4) is 0 Å². The van der Waals surface area contributed by atoms with Gasteiger partial charge in [0.05, 0.1) is 13.2 Å². The monoisotopic (exact) mass is 308 g/mol. The van der Waals surface area contributed by atoms with Gasteiger partial charge in [0.2, 0.25) is 0 Å². The average molecular weight is 308 g/mol. The Hall–Kier alpha value is -0.0900. The van der Waals surface area contributed by atoms with Crippen molar-refractivity contribution < 1.29 is 31.5 Å². The van der Waals surface area contributed by atoms with Gasteiger partial charge in [-0.25, -0.2) is 0 Å². The Morgan fingerprint density at radius 3 is 1.55 bits per heavy atom. The smallest absolute Gasteiger partial charge is 0.305 e. The van der Waals surface area contributed by atoms with Gasteiger partial charge in [0, 0.05) is 0 Å². The van der Waals surface area contributed by atoms with Crippen LogP contribution in [0.4, 0.5) is 0 Å². The van der Waals surface area contributed by atoms with Crippen LogP contribution in [-0.4, -0.2) is 53.4 Å². The summed E-state index contributed by atoms with van der Waals surface area (Å²) < 4.78 is 44.8. The molecule has 0 bridgehead atoms. The molecule has 0 N–H and O–H groups in total. The van der Waals surface area contributed by atoms with Gasteiger partial charge in [-0.15, -0.1) is 0 Å². The molecule has 0 aromatic heterocycles. The molecule has 0 aromatic carbocycles. The molecule has 0 saturated carbocycles. The van der Waals surface area contributed by atoms with E-state index >= 15 is 0 Å². The zero-order chi connectivity index (χ0) is 14.5. The van der Waals surface area contributed by atoms with Crippen LogP contribution in [-0.2, 0) is 38.7 Å². The second-order valence-corrected chi connectivity index (χ2v) is 6.85. The fourth-order valence-electron chi connectivity index (χ4n) is 2.62. The molecule has 8 heteroatoms. The highest BCUT2D eigenvalue weighted by Gasteiger charge is 2.52. The Kier molecular flexibility index (Phi) is 3.69. The molecule has 0 aliphatic carbocycles. The molecule has 7 nitrogen and oxygen atoms in total. The first-order chi connectivity index (χ1) is 9.26. The molecule has 3 heterocycles. The quantitative estimate of drug-likeness (QED) is 0.741. The van der Waals surface area contributed by atoms with Crippen molar-refractivity contribution in [3.8, 4) is 0 Å². The third-order valence-electron chi connectivity index (χ3n) is 3.50. The Morgan fingerprint density at radius 2 is 1.25 bits per heavy atom. The fraction of sp³-hybridized carbons (Fsp3) is 1.00. The molecule has 3 fully saturated rings. The topological polar surface area (TPSA) is 72.5 Å². The second kappa shape index (κ2) is 4.98. The SMILES string of the molecule is CC1(C)OC[C@H]([C@H]2OS(=O)O[C@@H]2[C@H]2COC(C)(C)O2)O1. The van der Waals surface area contributed by atoms with E-state index in [2.05, 4.69) is 0 Å². The molecule has 0 amide bonds. The second-order valence-electron chi connectivity index (χ2n) is 6.06. The van der Waals surface area contributed by atoms with Crippen LogP contribution in [0.25, 0.3) is 0 Å². The maximum Gasteiger partial charge on any atom is 0.305 e. The highest BCUT2D eigenvalue weighted by atomic mass is 32.2. The summed E-state index contributed by atoms with van der Waals surface area (Å²) in [7, 11) is 0. The van der Waals surface area contributed by atoms with E-state index in [1.54, 1.807) is 0 Å². The van der Waals surface area contributed by atoms with E-state index < -0.39 is 35.1 Å². The van der Waals surface area contributed by atoms with Crippen molar-refractivity contribution in [1.29, 1.82) is 0 Å². The van der Waals surface area contributed by atoms with E-state index in [0.717, 1.165) is 0 Å². The Balaban J connectivity index is 1.71. The van der Waals surface area contributed by atoms with Crippen LogP contribution in [0.15, 0.2) is 0 Å². The minimum Gasteiger partial charge on any atom is -0.348 e. The first kappa shape index (κ1) is 14.8. The van der Waals surface area contributed by atoms with E-state index in [1.807, 2.05) is 27.7 Å².